The number of hydrogen-bond acceptors (Lipinski definition) is 3. The van der Waals surface area contributed by atoms with Crippen LogP contribution in [0.1, 0.15) is 37.8 Å². The standard InChI is InChI=1S/C15H26N2O2S/c1-4-6-11-17(5-2)20(18,19)13-15-9-7-14(8-10-15)12-16-3/h7-10,16H,4-6,11-13H2,1-3H3. The van der Waals surface area contributed by atoms with Crippen molar-refractivity contribution >= 4 is 10.0 Å². The Morgan fingerprint density at radius 1 is 1.10 bits per heavy atom. The minimum atomic E-state index is -3.21. The normalized spacial score (nSPS) is 12.0. The second-order valence-electron chi connectivity index (χ2n) is 4.95. The van der Waals surface area contributed by atoms with Crippen LogP contribution < -0.4 is 5.32 Å². The monoisotopic (exact) mass is 298 g/mol. The first kappa shape index (κ1) is 17.1. The molecule has 0 unspecified atom stereocenters. The molecule has 1 rings (SSSR count). The number of sulfonamides is 1. The molecular weight excluding hydrogens is 272 g/mol. The Morgan fingerprint density at radius 3 is 2.20 bits per heavy atom. The molecule has 20 heavy (non-hydrogen) atoms. The Balaban J connectivity index is 2.73. The van der Waals surface area contributed by atoms with E-state index in [0.717, 1.165) is 30.5 Å². The maximum absolute atomic E-state index is 12.4. The zero-order valence-electron chi connectivity index (χ0n) is 12.7. The maximum atomic E-state index is 12.4. The number of hydrogen-bond donors (Lipinski definition) is 1. The summed E-state index contributed by atoms with van der Waals surface area (Å²) in [6.07, 6.45) is 1.92. The first-order valence-electron chi connectivity index (χ1n) is 7.23. The van der Waals surface area contributed by atoms with Gasteiger partial charge >= 0.3 is 0 Å². The minimum absolute atomic E-state index is 0.0877. The van der Waals surface area contributed by atoms with Crippen LogP contribution in [0, 0.1) is 0 Å². The Morgan fingerprint density at radius 2 is 1.70 bits per heavy atom. The third kappa shape index (κ3) is 5.23. The van der Waals surface area contributed by atoms with E-state index in [0.29, 0.717) is 13.1 Å². The van der Waals surface area contributed by atoms with Gasteiger partial charge < -0.3 is 5.32 Å². The highest BCUT2D eigenvalue weighted by atomic mass is 32.2. The highest BCUT2D eigenvalue weighted by molar-refractivity contribution is 7.88. The first-order valence-corrected chi connectivity index (χ1v) is 8.84. The predicted molar refractivity (Wildman–Crippen MR) is 84.0 cm³/mol. The number of nitrogens with zero attached hydrogens (tertiary/aromatic N) is 1. The summed E-state index contributed by atoms with van der Waals surface area (Å²) in [6.45, 7) is 5.92. The molecule has 114 valence electrons. The second-order valence-corrected chi connectivity index (χ2v) is 6.92. The molecule has 0 fully saturated rings. The summed E-state index contributed by atoms with van der Waals surface area (Å²) in [5.41, 5.74) is 2.01. The van der Waals surface area contributed by atoms with Gasteiger partial charge in [-0.05, 0) is 24.6 Å². The van der Waals surface area contributed by atoms with E-state index in [-0.39, 0.29) is 5.75 Å². The topological polar surface area (TPSA) is 49.4 Å². The van der Waals surface area contributed by atoms with Gasteiger partial charge in [-0.25, -0.2) is 12.7 Å². The lowest BCUT2D eigenvalue weighted by Gasteiger charge is -2.20. The number of benzene rings is 1. The minimum Gasteiger partial charge on any atom is -0.316 e. The molecule has 5 heteroatoms. The van der Waals surface area contributed by atoms with Crippen LogP contribution >= 0.6 is 0 Å². The maximum Gasteiger partial charge on any atom is 0.218 e. The Hall–Kier alpha value is -0.910. The molecule has 0 heterocycles. The van der Waals surface area contributed by atoms with E-state index in [1.54, 1.807) is 4.31 Å². The van der Waals surface area contributed by atoms with E-state index < -0.39 is 10.0 Å². The largest absolute Gasteiger partial charge is 0.316 e. The van der Waals surface area contributed by atoms with Gasteiger partial charge in [-0.15, -0.1) is 0 Å². The van der Waals surface area contributed by atoms with Crippen LogP contribution in [0.5, 0.6) is 0 Å². The summed E-state index contributed by atoms with van der Waals surface area (Å²) >= 11 is 0. The number of nitrogens with one attached hydrogen (secondary N) is 1. The molecule has 0 amide bonds. The average molecular weight is 298 g/mol. The molecule has 4 nitrogen and oxygen atoms in total. The lowest BCUT2D eigenvalue weighted by atomic mass is 10.1. The van der Waals surface area contributed by atoms with Crippen LogP contribution in [0.2, 0.25) is 0 Å². The van der Waals surface area contributed by atoms with Crippen LogP contribution in [0.4, 0.5) is 0 Å². The summed E-state index contributed by atoms with van der Waals surface area (Å²) < 4.78 is 26.3. The van der Waals surface area contributed by atoms with Crippen molar-refractivity contribution in [3.05, 3.63) is 35.4 Å². The van der Waals surface area contributed by atoms with Crippen molar-refractivity contribution in [2.45, 2.75) is 39.0 Å². The van der Waals surface area contributed by atoms with Gasteiger partial charge in [0.25, 0.3) is 0 Å². The van der Waals surface area contributed by atoms with Crippen molar-refractivity contribution in [1.29, 1.82) is 0 Å². The molecule has 1 aromatic rings. The fourth-order valence-corrected chi connectivity index (χ4v) is 3.68. The third-order valence-electron chi connectivity index (χ3n) is 3.26. The van der Waals surface area contributed by atoms with Gasteiger partial charge in [0, 0.05) is 19.6 Å². The summed E-state index contributed by atoms with van der Waals surface area (Å²) in [5, 5.41) is 3.08. The fraction of sp³-hybridized carbons (Fsp3) is 0.600. The van der Waals surface area contributed by atoms with Crippen molar-refractivity contribution in [1.82, 2.24) is 9.62 Å². The number of unbranched alkanes of at least 4 members (excludes halogenated alkanes) is 1. The zero-order chi connectivity index (χ0) is 15.0. The van der Waals surface area contributed by atoms with E-state index >= 15 is 0 Å². The summed E-state index contributed by atoms with van der Waals surface area (Å²) in [4.78, 5) is 0. The van der Waals surface area contributed by atoms with Crippen molar-refractivity contribution in [2.24, 2.45) is 0 Å². The molecule has 0 aliphatic heterocycles. The molecule has 0 spiro atoms. The molecule has 0 saturated heterocycles. The lowest BCUT2D eigenvalue weighted by Crippen LogP contribution is -2.32. The molecule has 0 saturated carbocycles. The highest BCUT2D eigenvalue weighted by Crippen LogP contribution is 2.13. The van der Waals surface area contributed by atoms with Gasteiger partial charge in [-0.3, -0.25) is 0 Å². The molecule has 0 aliphatic rings. The van der Waals surface area contributed by atoms with Gasteiger partial charge in [0.15, 0.2) is 0 Å². The molecule has 1 N–H and O–H groups in total. The molecule has 0 bridgehead atoms. The van der Waals surface area contributed by atoms with Gasteiger partial charge in [-0.1, -0.05) is 44.5 Å². The molecule has 0 aliphatic carbocycles. The Labute approximate surface area is 123 Å². The molecule has 0 atom stereocenters. The van der Waals surface area contributed by atoms with Crippen molar-refractivity contribution < 1.29 is 8.42 Å². The Kier molecular flexibility index (Phi) is 7.19. The first-order chi connectivity index (χ1) is 9.53. The van der Waals surface area contributed by atoms with E-state index in [2.05, 4.69) is 12.2 Å². The predicted octanol–water partition coefficient (Wildman–Crippen LogP) is 2.36. The van der Waals surface area contributed by atoms with Gasteiger partial charge in [0.05, 0.1) is 5.75 Å². The van der Waals surface area contributed by atoms with Crippen molar-refractivity contribution in [3.63, 3.8) is 0 Å². The summed E-state index contributed by atoms with van der Waals surface area (Å²) in [6, 6.07) is 7.75. The molecule has 0 aromatic heterocycles. The third-order valence-corrected chi connectivity index (χ3v) is 5.19. The fourth-order valence-electron chi connectivity index (χ4n) is 2.09. The van der Waals surface area contributed by atoms with Crippen LogP contribution in [-0.2, 0) is 22.3 Å². The zero-order valence-corrected chi connectivity index (χ0v) is 13.5. The van der Waals surface area contributed by atoms with Gasteiger partial charge in [-0.2, -0.15) is 0 Å². The summed E-state index contributed by atoms with van der Waals surface area (Å²) in [5.74, 6) is 0.0877. The Bertz CT molecular complexity index is 483. The van der Waals surface area contributed by atoms with Crippen molar-refractivity contribution in [3.8, 4) is 0 Å². The van der Waals surface area contributed by atoms with Gasteiger partial charge in [0.1, 0.15) is 0 Å². The van der Waals surface area contributed by atoms with E-state index in [4.69, 9.17) is 0 Å². The molecular formula is C15H26N2O2S. The summed E-state index contributed by atoms with van der Waals surface area (Å²) in [7, 11) is -1.31. The second kappa shape index (κ2) is 8.39. The van der Waals surface area contributed by atoms with E-state index in [9.17, 15) is 8.42 Å². The highest BCUT2D eigenvalue weighted by Gasteiger charge is 2.20. The van der Waals surface area contributed by atoms with Crippen LogP contribution in [0.15, 0.2) is 24.3 Å². The van der Waals surface area contributed by atoms with Crippen molar-refractivity contribution in [2.75, 3.05) is 20.1 Å². The van der Waals surface area contributed by atoms with Crippen LogP contribution in [0.3, 0.4) is 0 Å². The van der Waals surface area contributed by atoms with Gasteiger partial charge in [0.2, 0.25) is 10.0 Å². The van der Waals surface area contributed by atoms with E-state index in [1.165, 1.54) is 0 Å². The van der Waals surface area contributed by atoms with E-state index in [1.807, 2.05) is 38.2 Å². The van der Waals surface area contributed by atoms with Crippen LogP contribution in [-0.4, -0.2) is 32.9 Å². The molecule has 0 radical (unpaired) electrons. The average Bonchev–Trinajstić information content (AvgIpc) is 2.41. The smallest absolute Gasteiger partial charge is 0.218 e. The quantitative estimate of drug-likeness (QED) is 0.761. The molecule has 1 aromatic carbocycles. The lowest BCUT2D eigenvalue weighted by molar-refractivity contribution is 0.418. The number of rotatable bonds is 9. The van der Waals surface area contributed by atoms with Crippen LogP contribution in [0.25, 0.3) is 0 Å². The SMILES string of the molecule is CCCCN(CC)S(=O)(=O)Cc1ccc(CNC)cc1.